The number of aromatic nitrogens is 1. The highest BCUT2D eigenvalue weighted by atomic mass is 32.1. The molecule has 1 N–H and O–H groups in total. The molecule has 1 aliphatic rings. The van der Waals surface area contributed by atoms with Gasteiger partial charge in [-0.2, -0.15) is 0 Å². The minimum atomic E-state index is -0.571. The van der Waals surface area contributed by atoms with Gasteiger partial charge in [0.25, 0.3) is 11.6 Å². The number of amides is 1. The third-order valence-corrected chi connectivity index (χ3v) is 4.99. The minimum Gasteiger partial charge on any atom is -0.486 e. The molecule has 142 valence electrons. The van der Waals surface area contributed by atoms with Gasteiger partial charge in [-0.05, 0) is 31.2 Å². The third kappa shape index (κ3) is 3.39. The fraction of sp³-hybridized carbons (Fsp3) is 0.158. The number of ether oxygens (including phenoxy) is 2. The molecule has 1 aromatic heterocycles. The van der Waals surface area contributed by atoms with Crippen molar-refractivity contribution < 1.29 is 19.2 Å². The second-order valence-corrected chi connectivity index (χ2v) is 6.94. The first-order chi connectivity index (χ1) is 13.5. The molecule has 0 atom stereocenters. The molecule has 2 heterocycles. The molecule has 0 bridgehead atoms. The highest BCUT2D eigenvalue weighted by Crippen LogP contribution is 2.35. The Balaban J connectivity index is 1.57. The highest BCUT2D eigenvalue weighted by Gasteiger charge is 2.23. The summed E-state index contributed by atoms with van der Waals surface area (Å²) in [5, 5.41) is 16.1. The van der Waals surface area contributed by atoms with Gasteiger partial charge in [0.1, 0.15) is 18.8 Å². The second kappa shape index (κ2) is 7.28. The number of anilines is 1. The van der Waals surface area contributed by atoms with Gasteiger partial charge < -0.3 is 9.47 Å². The maximum atomic E-state index is 12.5. The molecule has 0 aliphatic carbocycles. The summed E-state index contributed by atoms with van der Waals surface area (Å²) in [5.74, 6) is 0.765. The summed E-state index contributed by atoms with van der Waals surface area (Å²) >= 11 is 1.24. The molecule has 0 unspecified atom stereocenters. The van der Waals surface area contributed by atoms with Crippen molar-refractivity contribution in [2.24, 2.45) is 0 Å². The van der Waals surface area contributed by atoms with E-state index >= 15 is 0 Å². The Hall–Kier alpha value is -3.46. The first-order valence-corrected chi connectivity index (χ1v) is 9.32. The number of carbonyl (C=O) groups is 1. The normalized spacial score (nSPS) is 12.5. The molecule has 1 amide bonds. The van der Waals surface area contributed by atoms with Crippen molar-refractivity contribution in [3.05, 3.63) is 63.0 Å². The number of benzene rings is 2. The van der Waals surface area contributed by atoms with Crippen molar-refractivity contribution in [2.45, 2.75) is 6.92 Å². The number of rotatable bonds is 4. The van der Waals surface area contributed by atoms with Crippen LogP contribution < -0.4 is 14.8 Å². The molecule has 4 rings (SSSR count). The average molecular weight is 397 g/mol. The predicted molar refractivity (Wildman–Crippen MR) is 104 cm³/mol. The summed E-state index contributed by atoms with van der Waals surface area (Å²) in [7, 11) is 0. The predicted octanol–water partition coefficient (Wildman–Crippen LogP) is 4.05. The molecular weight excluding hydrogens is 382 g/mol. The maximum absolute atomic E-state index is 12.5. The van der Waals surface area contributed by atoms with E-state index in [0.29, 0.717) is 41.1 Å². The summed E-state index contributed by atoms with van der Waals surface area (Å²) in [6, 6.07) is 10.1. The van der Waals surface area contributed by atoms with Crippen molar-refractivity contribution in [3.8, 4) is 22.8 Å². The van der Waals surface area contributed by atoms with Crippen molar-refractivity contribution in [1.29, 1.82) is 0 Å². The number of nitrogens with zero attached hydrogens (tertiary/aromatic N) is 2. The van der Waals surface area contributed by atoms with Crippen LogP contribution in [0, 0.1) is 17.0 Å². The number of thiazole rings is 1. The summed E-state index contributed by atoms with van der Waals surface area (Å²) < 4.78 is 11.1. The number of hydrogen-bond donors (Lipinski definition) is 1. The number of hydrogen-bond acceptors (Lipinski definition) is 7. The summed E-state index contributed by atoms with van der Waals surface area (Å²) in [6.07, 6.45) is 0. The largest absolute Gasteiger partial charge is 0.486 e. The van der Waals surface area contributed by atoms with Gasteiger partial charge in [-0.3, -0.25) is 20.2 Å². The van der Waals surface area contributed by atoms with E-state index in [1.165, 1.54) is 17.4 Å². The van der Waals surface area contributed by atoms with Gasteiger partial charge in [-0.15, -0.1) is 11.3 Å². The lowest BCUT2D eigenvalue weighted by molar-refractivity contribution is -0.385. The van der Waals surface area contributed by atoms with E-state index in [-0.39, 0.29) is 11.3 Å². The van der Waals surface area contributed by atoms with E-state index in [2.05, 4.69) is 10.3 Å². The number of carbonyl (C=O) groups excluding carboxylic acids is 1. The Morgan fingerprint density at radius 1 is 1.21 bits per heavy atom. The van der Waals surface area contributed by atoms with Crippen LogP contribution in [0.25, 0.3) is 11.3 Å². The molecule has 0 spiro atoms. The number of nitro benzene ring substituents is 1. The molecule has 2 aromatic carbocycles. The molecule has 1 aliphatic heterocycles. The molecular formula is C19H15N3O5S. The van der Waals surface area contributed by atoms with Crippen molar-refractivity contribution >= 4 is 28.1 Å². The molecule has 0 radical (unpaired) electrons. The van der Waals surface area contributed by atoms with E-state index < -0.39 is 10.8 Å². The van der Waals surface area contributed by atoms with Gasteiger partial charge in [0, 0.05) is 16.5 Å². The zero-order valence-electron chi connectivity index (χ0n) is 14.8. The molecule has 8 nitrogen and oxygen atoms in total. The average Bonchev–Trinajstić information content (AvgIpc) is 3.15. The molecule has 0 saturated heterocycles. The van der Waals surface area contributed by atoms with Crippen LogP contribution in [0.15, 0.2) is 41.8 Å². The van der Waals surface area contributed by atoms with Crippen LogP contribution in [0.4, 0.5) is 10.8 Å². The first-order valence-electron chi connectivity index (χ1n) is 8.44. The molecule has 0 fully saturated rings. The lowest BCUT2D eigenvalue weighted by Gasteiger charge is -2.18. The zero-order chi connectivity index (χ0) is 19.7. The third-order valence-electron chi connectivity index (χ3n) is 4.23. The lowest BCUT2D eigenvalue weighted by Crippen LogP contribution is -2.15. The van der Waals surface area contributed by atoms with Crippen LogP contribution in [0.5, 0.6) is 11.5 Å². The van der Waals surface area contributed by atoms with Gasteiger partial charge in [0.15, 0.2) is 16.6 Å². The van der Waals surface area contributed by atoms with E-state index in [9.17, 15) is 14.9 Å². The van der Waals surface area contributed by atoms with Crippen molar-refractivity contribution in [2.75, 3.05) is 18.5 Å². The van der Waals surface area contributed by atoms with E-state index in [4.69, 9.17) is 9.47 Å². The smallest absolute Gasteiger partial charge is 0.285 e. The molecule has 3 aromatic rings. The Kier molecular flexibility index (Phi) is 4.66. The molecule has 0 saturated carbocycles. The topological polar surface area (TPSA) is 104 Å². The van der Waals surface area contributed by atoms with Gasteiger partial charge in [-0.25, -0.2) is 4.98 Å². The van der Waals surface area contributed by atoms with Gasteiger partial charge in [0.05, 0.1) is 10.6 Å². The summed E-state index contributed by atoms with van der Waals surface area (Å²) in [4.78, 5) is 27.7. The van der Waals surface area contributed by atoms with E-state index in [1.54, 1.807) is 24.4 Å². The fourth-order valence-corrected chi connectivity index (χ4v) is 3.63. The second-order valence-electron chi connectivity index (χ2n) is 6.08. The van der Waals surface area contributed by atoms with Gasteiger partial charge in [-0.1, -0.05) is 12.1 Å². The minimum absolute atomic E-state index is 0.001000. The maximum Gasteiger partial charge on any atom is 0.285 e. The highest BCUT2D eigenvalue weighted by molar-refractivity contribution is 7.14. The number of nitrogens with one attached hydrogen (secondary N) is 1. The van der Waals surface area contributed by atoms with Crippen LogP contribution in [0.3, 0.4) is 0 Å². The lowest BCUT2D eigenvalue weighted by atomic mass is 10.1. The van der Waals surface area contributed by atoms with Crippen LogP contribution in [0.1, 0.15) is 15.9 Å². The fourth-order valence-electron chi connectivity index (χ4n) is 2.92. The Bertz CT molecular complexity index is 1080. The summed E-state index contributed by atoms with van der Waals surface area (Å²) in [5.41, 5.74) is 1.71. The Morgan fingerprint density at radius 2 is 2.00 bits per heavy atom. The van der Waals surface area contributed by atoms with Crippen LogP contribution in [-0.2, 0) is 0 Å². The van der Waals surface area contributed by atoms with E-state index in [1.807, 2.05) is 18.2 Å². The van der Waals surface area contributed by atoms with Gasteiger partial charge in [0.2, 0.25) is 0 Å². The Morgan fingerprint density at radius 3 is 2.79 bits per heavy atom. The van der Waals surface area contributed by atoms with Gasteiger partial charge >= 0.3 is 0 Å². The van der Waals surface area contributed by atoms with E-state index in [0.717, 1.165) is 5.56 Å². The van der Waals surface area contributed by atoms with Crippen molar-refractivity contribution in [3.63, 3.8) is 0 Å². The summed E-state index contributed by atoms with van der Waals surface area (Å²) in [6.45, 7) is 2.60. The molecule has 9 heteroatoms. The van der Waals surface area contributed by atoms with Crippen LogP contribution in [-0.4, -0.2) is 29.0 Å². The zero-order valence-corrected chi connectivity index (χ0v) is 15.6. The SMILES string of the molecule is Cc1cccc(C(=O)Nc2nc(-c3ccc4c(c3)OCCO4)cs2)c1[N+](=O)[O-]. The number of para-hydroxylation sites is 1. The monoisotopic (exact) mass is 397 g/mol. The number of aryl methyl sites for hydroxylation is 1. The first kappa shape index (κ1) is 17.9. The molecule has 28 heavy (non-hydrogen) atoms. The van der Waals surface area contributed by atoms with Crippen LogP contribution in [0.2, 0.25) is 0 Å². The standard InChI is InChI=1S/C19H15N3O5S/c1-11-3-2-4-13(17(11)22(24)25)18(23)21-19-20-14(10-28-19)12-5-6-15-16(9-12)27-8-7-26-15/h2-6,9-10H,7-8H2,1H3,(H,20,21,23). The number of fused-ring (bicyclic) bond motifs is 1. The quantitative estimate of drug-likeness (QED) is 0.526. The van der Waals surface area contributed by atoms with Crippen molar-refractivity contribution in [1.82, 2.24) is 4.98 Å². The number of nitro groups is 1. The Labute approximate surface area is 163 Å². The van der Waals surface area contributed by atoms with Crippen LogP contribution >= 0.6 is 11.3 Å².